The average Bonchev–Trinajstić information content (AvgIpc) is 2.62. The molecule has 0 bridgehead atoms. The first kappa shape index (κ1) is 17.1. The molecule has 0 saturated heterocycles. The molecule has 0 spiro atoms. The second kappa shape index (κ2) is 7.86. The van der Waals surface area contributed by atoms with Crippen molar-refractivity contribution in [2.24, 2.45) is 0 Å². The molecule has 2 N–H and O–H groups in total. The van der Waals surface area contributed by atoms with Crippen molar-refractivity contribution in [3.8, 4) is 6.07 Å². The molecule has 2 amide bonds. The number of amides is 2. The van der Waals surface area contributed by atoms with E-state index < -0.39 is 5.92 Å². The van der Waals surface area contributed by atoms with Crippen LogP contribution in [0.4, 0.5) is 11.4 Å². The van der Waals surface area contributed by atoms with Gasteiger partial charge in [-0.3, -0.25) is 9.59 Å². The Kier molecular flexibility index (Phi) is 5.36. The Morgan fingerprint density at radius 2 is 2.00 bits per heavy atom. The van der Waals surface area contributed by atoms with Crippen molar-refractivity contribution in [1.29, 1.82) is 5.26 Å². The van der Waals surface area contributed by atoms with E-state index >= 15 is 0 Å². The van der Waals surface area contributed by atoms with Crippen LogP contribution in [0.1, 0.15) is 24.3 Å². The number of nitriles is 1. The van der Waals surface area contributed by atoms with Crippen molar-refractivity contribution in [2.75, 3.05) is 16.4 Å². The molecule has 1 unspecified atom stereocenters. The summed E-state index contributed by atoms with van der Waals surface area (Å²) in [4.78, 5) is 25.6. The van der Waals surface area contributed by atoms with E-state index in [1.165, 1.54) is 11.8 Å². The summed E-state index contributed by atoms with van der Waals surface area (Å²) in [5.74, 6) is -0.203. The van der Waals surface area contributed by atoms with E-state index in [2.05, 4.69) is 16.7 Å². The zero-order valence-electron chi connectivity index (χ0n) is 13.5. The topological polar surface area (TPSA) is 82.0 Å². The Balaban J connectivity index is 1.79. The zero-order chi connectivity index (χ0) is 17.6. The van der Waals surface area contributed by atoms with Crippen LogP contribution >= 0.6 is 11.8 Å². The lowest BCUT2D eigenvalue weighted by Gasteiger charge is -2.25. The van der Waals surface area contributed by atoms with Gasteiger partial charge >= 0.3 is 0 Å². The van der Waals surface area contributed by atoms with Gasteiger partial charge in [-0.15, -0.1) is 11.8 Å². The fourth-order valence-electron chi connectivity index (χ4n) is 2.77. The normalized spacial score (nSPS) is 15.6. The summed E-state index contributed by atoms with van der Waals surface area (Å²) < 4.78 is 0. The molecule has 0 radical (unpaired) electrons. The van der Waals surface area contributed by atoms with Crippen LogP contribution in [-0.2, 0) is 9.59 Å². The number of para-hydroxylation sites is 2. The minimum atomic E-state index is -0.512. The van der Waals surface area contributed by atoms with Gasteiger partial charge in [0.1, 0.15) is 0 Å². The number of thioether (sulfide) groups is 1. The minimum Gasteiger partial charge on any atom is -0.326 e. The Labute approximate surface area is 150 Å². The summed E-state index contributed by atoms with van der Waals surface area (Å²) in [6, 6.07) is 17.0. The van der Waals surface area contributed by atoms with Gasteiger partial charge in [-0.25, -0.2) is 0 Å². The number of nitrogens with zero attached hydrogens (tertiary/aromatic N) is 1. The molecule has 25 heavy (non-hydrogen) atoms. The van der Waals surface area contributed by atoms with Crippen molar-refractivity contribution in [3.05, 3.63) is 54.1 Å². The third-order valence-electron chi connectivity index (χ3n) is 3.93. The Hall–Kier alpha value is -2.78. The lowest BCUT2D eigenvalue weighted by Crippen LogP contribution is -2.30. The van der Waals surface area contributed by atoms with E-state index in [0.717, 1.165) is 10.5 Å². The van der Waals surface area contributed by atoms with Gasteiger partial charge in [-0.05, 0) is 23.8 Å². The number of hydrogen-bond acceptors (Lipinski definition) is 4. The Bertz CT molecular complexity index is 845. The van der Waals surface area contributed by atoms with E-state index in [1.54, 1.807) is 6.07 Å². The predicted octanol–water partition coefficient (Wildman–Crippen LogP) is 3.76. The van der Waals surface area contributed by atoms with Crippen LogP contribution in [0.3, 0.4) is 0 Å². The third kappa shape index (κ3) is 4.01. The molecule has 2 aromatic rings. The quantitative estimate of drug-likeness (QED) is 0.635. The van der Waals surface area contributed by atoms with E-state index in [4.69, 9.17) is 5.26 Å². The number of nitrogens with one attached hydrogen (secondary N) is 2. The summed E-state index contributed by atoms with van der Waals surface area (Å²) >= 11 is 1.53. The van der Waals surface area contributed by atoms with Crippen LogP contribution in [0.2, 0.25) is 0 Å². The summed E-state index contributed by atoms with van der Waals surface area (Å²) in [5.41, 5.74) is 2.23. The van der Waals surface area contributed by atoms with Gasteiger partial charge < -0.3 is 10.6 Å². The maximum absolute atomic E-state index is 12.8. The van der Waals surface area contributed by atoms with E-state index in [1.807, 2.05) is 42.5 Å². The highest BCUT2D eigenvalue weighted by Gasteiger charge is 2.30. The molecule has 126 valence electrons. The lowest BCUT2D eigenvalue weighted by molar-refractivity contribution is -0.123. The molecule has 1 atom stereocenters. The van der Waals surface area contributed by atoms with Crippen molar-refractivity contribution in [2.45, 2.75) is 23.7 Å². The first-order chi connectivity index (χ1) is 12.2. The summed E-state index contributed by atoms with van der Waals surface area (Å²) in [5, 5.41) is 14.4. The van der Waals surface area contributed by atoms with Gasteiger partial charge in [0.25, 0.3) is 0 Å². The fourth-order valence-corrected chi connectivity index (χ4v) is 3.63. The molecule has 0 aliphatic carbocycles. The first-order valence-electron chi connectivity index (χ1n) is 7.97. The zero-order valence-corrected chi connectivity index (χ0v) is 14.3. The fraction of sp³-hybridized carbons (Fsp3) is 0.211. The average molecular weight is 351 g/mol. The lowest BCUT2D eigenvalue weighted by atomic mass is 9.90. The number of rotatable bonds is 5. The molecule has 1 aliphatic heterocycles. The molecular formula is C19H17N3O2S. The molecule has 1 aliphatic rings. The van der Waals surface area contributed by atoms with Gasteiger partial charge in [0.15, 0.2) is 0 Å². The number of carbonyl (C=O) groups is 2. The van der Waals surface area contributed by atoms with Crippen molar-refractivity contribution in [1.82, 2.24) is 0 Å². The number of hydrogen-bond donors (Lipinski definition) is 2. The summed E-state index contributed by atoms with van der Waals surface area (Å²) in [6.07, 6.45) is 0.579. The first-order valence-corrected chi connectivity index (χ1v) is 8.96. The monoisotopic (exact) mass is 351 g/mol. The molecule has 0 aromatic heterocycles. The van der Waals surface area contributed by atoms with E-state index in [-0.39, 0.29) is 18.2 Å². The second-order valence-corrected chi connectivity index (χ2v) is 6.77. The van der Waals surface area contributed by atoms with Crippen LogP contribution in [0.15, 0.2) is 53.4 Å². The summed E-state index contributed by atoms with van der Waals surface area (Å²) in [6.45, 7) is 0. The molecule has 2 aromatic carbocycles. The maximum atomic E-state index is 12.8. The second-order valence-electron chi connectivity index (χ2n) is 5.63. The smallest absolute Gasteiger partial charge is 0.232 e. The molecule has 0 saturated carbocycles. The number of carbonyl (C=O) groups excluding carboxylic acids is 2. The highest BCUT2D eigenvalue weighted by molar-refractivity contribution is 7.99. The molecule has 5 nitrogen and oxygen atoms in total. The van der Waals surface area contributed by atoms with Gasteiger partial charge in [-0.1, -0.05) is 30.3 Å². The highest BCUT2D eigenvalue weighted by Crippen LogP contribution is 2.34. The third-order valence-corrected chi connectivity index (χ3v) is 5.01. The van der Waals surface area contributed by atoms with Crippen molar-refractivity contribution < 1.29 is 9.59 Å². The molecule has 0 fully saturated rings. The van der Waals surface area contributed by atoms with Gasteiger partial charge in [-0.2, -0.15) is 5.26 Å². The van der Waals surface area contributed by atoms with Crippen LogP contribution in [-0.4, -0.2) is 17.6 Å². The summed E-state index contributed by atoms with van der Waals surface area (Å²) in [7, 11) is 0. The Morgan fingerprint density at radius 1 is 1.24 bits per heavy atom. The van der Waals surface area contributed by atoms with Crippen LogP contribution in [0, 0.1) is 11.3 Å². The van der Waals surface area contributed by atoms with E-state index in [0.29, 0.717) is 23.5 Å². The van der Waals surface area contributed by atoms with Gasteiger partial charge in [0.05, 0.1) is 17.7 Å². The maximum Gasteiger partial charge on any atom is 0.232 e. The molecule has 1 heterocycles. The van der Waals surface area contributed by atoms with Gasteiger partial charge in [0.2, 0.25) is 11.8 Å². The standard InChI is InChI=1S/C19H17N3O2S/c20-10-5-11-25-17-9-4-3-8-16(17)22-19(24)14-12-18(23)21-15-7-2-1-6-13(14)15/h1-4,6-9,14H,5,11-12H2,(H,21,23)(H,22,24). The highest BCUT2D eigenvalue weighted by atomic mass is 32.2. The van der Waals surface area contributed by atoms with Crippen LogP contribution < -0.4 is 10.6 Å². The predicted molar refractivity (Wildman–Crippen MR) is 98.5 cm³/mol. The Morgan fingerprint density at radius 3 is 2.84 bits per heavy atom. The number of anilines is 2. The SMILES string of the molecule is N#CCCSc1ccccc1NC(=O)C1CC(=O)Nc2ccccc21. The molecule has 6 heteroatoms. The van der Waals surface area contributed by atoms with Crippen molar-refractivity contribution >= 4 is 35.0 Å². The van der Waals surface area contributed by atoms with E-state index in [9.17, 15) is 9.59 Å². The number of fused-ring (bicyclic) bond motifs is 1. The molecular weight excluding hydrogens is 334 g/mol. The van der Waals surface area contributed by atoms with Crippen LogP contribution in [0.25, 0.3) is 0 Å². The van der Waals surface area contributed by atoms with Crippen LogP contribution in [0.5, 0.6) is 0 Å². The largest absolute Gasteiger partial charge is 0.326 e. The minimum absolute atomic E-state index is 0.132. The van der Waals surface area contributed by atoms with Crippen molar-refractivity contribution in [3.63, 3.8) is 0 Å². The molecule has 3 rings (SSSR count). The number of benzene rings is 2. The van der Waals surface area contributed by atoms with Gasteiger partial charge in [0, 0.05) is 29.2 Å².